The van der Waals surface area contributed by atoms with Gasteiger partial charge in [-0.1, -0.05) is 15.9 Å². The van der Waals surface area contributed by atoms with Gasteiger partial charge in [-0.05, 0) is 66.7 Å². The van der Waals surface area contributed by atoms with Crippen molar-refractivity contribution in [3.63, 3.8) is 0 Å². The molecule has 2 fully saturated rings. The Hall–Kier alpha value is -0.0600. The van der Waals surface area contributed by atoms with Gasteiger partial charge >= 0.3 is 0 Å². The van der Waals surface area contributed by atoms with Crippen molar-refractivity contribution in [2.45, 2.75) is 38.3 Å². The van der Waals surface area contributed by atoms with E-state index < -0.39 is 0 Å². The van der Waals surface area contributed by atoms with Crippen molar-refractivity contribution in [1.82, 2.24) is 5.32 Å². The summed E-state index contributed by atoms with van der Waals surface area (Å²) in [5, 5.41) is 3.77. The number of hydrogen-bond acceptors (Lipinski definition) is 2. The molecule has 1 aromatic rings. The first-order valence-electron chi connectivity index (χ1n) is 6.96. The van der Waals surface area contributed by atoms with Crippen LogP contribution in [0.25, 0.3) is 0 Å². The van der Waals surface area contributed by atoms with Crippen molar-refractivity contribution in [2.24, 2.45) is 5.92 Å². The van der Waals surface area contributed by atoms with Crippen LogP contribution in [0.15, 0.2) is 27.1 Å². The van der Waals surface area contributed by atoms with Gasteiger partial charge < -0.3 is 10.2 Å². The molecule has 2 nitrogen and oxygen atoms in total. The predicted octanol–water partition coefficient (Wildman–Crippen LogP) is 4.18. The van der Waals surface area contributed by atoms with E-state index in [1.165, 1.54) is 23.0 Å². The van der Waals surface area contributed by atoms with Crippen LogP contribution in [-0.4, -0.2) is 24.7 Å². The van der Waals surface area contributed by atoms with Crippen LogP contribution in [0, 0.1) is 5.92 Å². The molecule has 0 aromatic heterocycles. The maximum Gasteiger partial charge on any atom is 0.0525 e. The summed E-state index contributed by atoms with van der Waals surface area (Å²) in [5.74, 6) is 0.855. The van der Waals surface area contributed by atoms with Crippen LogP contribution in [0.2, 0.25) is 0 Å². The second kappa shape index (κ2) is 5.05. The SMILES string of the molecule is CC1CNC(C)(C2CC2)CN1c1cc(Br)ccc1Br. The molecule has 1 aliphatic heterocycles. The van der Waals surface area contributed by atoms with Crippen molar-refractivity contribution in [3.8, 4) is 0 Å². The Morgan fingerprint density at radius 2 is 2.05 bits per heavy atom. The van der Waals surface area contributed by atoms with Crippen molar-refractivity contribution in [1.29, 1.82) is 0 Å². The van der Waals surface area contributed by atoms with Crippen molar-refractivity contribution < 1.29 is 0 Å². The maximum absolute atomic E-state index is 3.77. The van der Waals surface area contributed by atoms with E-state index in [-0.39, 0.29) is 5.54 Å². The molecule has 0 radical (unpaired) electrons. The lowest BCUT2D eigenvalue weighted by atomic mass is 9.91. The zero-order valence-electron chi connectivity index (χ0n) is 11.4. The molecule has 19 heavy (non-hydrogen) atoms. The number of rotatable bonds is 2. The number of benzene rings is 1. The van der Waals surface area contributed by atoms with Crippen LogP contribution in [0.5, 0.6) is 0 Å². The molecular formula is C15H20Br2N2. The van der Waals surface area contributed by atoms with E-state index in [0.29, 0.717) is 6.04 Å². The molecule has 104 valence electrons. The van der Waals surface area contributed by atoms with Gasteiger partial charge in [-0.3, -0.25) is 0 Å². The first-order valence-corrected chi connectivity index (χ1v) is 8.55. The Morgan fingerprint density at radius 1 is 1.32 bits per heavy atom. The molecule has 1 N–H and O–H groups in total. The van der Waals surface area contributed by atoms with E-state index in [4.69, 9.17) is 0 Å². The Labute approximate surface area is 132 Å². The number of piperazine rings is 1. The molecule has 2 atom stereocenters. The van der Waals surface area contributed by atoms with Crippen LogP contribution < -0.4 is 10.2 Å². The first-order chi connectivity index (χ1) is 8.99. The van der Waals surface area contributed by atoms with Gasteiger partial charge in [-0.15, -0.1) is 0 Å². The van der Waals surface area contributed by atoms with E-state index in [1.54, 1.807) is 0 Å². The fourth-order valence-corrected chi connectivity index (χ4v) is 3.90. The normalized spacial score (nSPS) is 31.6. The van der Waals surface area contributed by atoms with E-state index >= 15 is 0 Å². The Kier molecular flexibility index (Phi) is 3.69. The zero-order chi connectivity index (χ0) is 13.6. The van der Waals surface area contributed by atoms with Gasteiger partial charge in [-0.2, -0.15) is 0 Å². The van der Waals surface area contributed by atoms with Gasteiger partial charge in [0.15, 0.2) is 0 Å². The molecule has 1 heterocycles. The van der Waals surface area contributed by atoms with Gasteiger partial charge in [0.25, 0.3) is 0 Å². The minimum atomic E-state index is 0.272. The molecule has 0 amide bonds. The second-order valence-corrected chi connectivity index (χ2v) is 7.92. The highest BCUT2D eigenvalue weighted by atomic mass is 79.9. The average molecular weight is 388 g/mol. The average Bonchev–Trinajstić information content (AvgIpc) is 3.20. The first kappa shape index (κ1) is 13.9. The quantitative estimate of drug-likeness (QED) is 0.818. The molecule has 1 aromatic carbocycles. The second-order valence-electron chi connectivity index (χ2n) is 6.15. The summed E-state index contributed by atoms with van der Waals surface area (Å²) in [6.07, 6.45) is 2.76. The fraction of sp³-hybridized carbons (Fsp3) is 0.600. The van der Waals surface area contributed by atoms with Crippen LogP contribution >= 0.6 is 31.9 Å². The summed E-state index contributed by atoms with van der Waals surface area (Å²) in [7, 11) is 0. The minimum Gasteiger partial charge on any atom is -0.365 e. The number of nitrogens with zero attached hydrogens (tertiary/aromatic N) is 1. The molecule has 4 heteroatoms. The molecule has 0 bridgehead atoms. The summed E-state index contributed by atoms with van der Waals surface area (Å²) in [6, 6.07) is 6.96. The topological polar surface area (TPSA) is 15.3 Å². The summed E-state index contributed by atoms with van der Waals surface area (Å²) >= 11 is 7.29. The maximum atomic E-state index is 3.77. The van der Waals surface area contributed by atoms with Gasteiger partial charge in [0, 0.05) is 33.6 Å². The highest BCUT2D eigenvalue weighted by Crippen LogP contribution is 2.43. The number of nitrogens with one attached hydrogen (secondary N) is 1. The van der Waals surface area contributed by atoms with Crippen LogP contribution in [0.4, 0.5) is 5.69 Å². The van der Waals surface area contributed by atoms with Crippen molar-refractivity contribution >= 4 is 37.5 Å². The van der Waals surface area contributed by atoms with Crippen LogP contribution in [-0.2, 0) is 0 Å². The molecule has 1 aliphatic carbocycles. The molecule has 0 spiro atoms. The van der Waals surface area contributed by atoms with Crippen LogP contribution in [0.1, 0.15) is 26.7 Å². The number of halogens is 2. The smallest absolute Gasteiger partial charge is 0.0525 e. The Morgan fingerprint density at radius 3 is 2.74 bits per heavy atom. The summed E-state index contributed by atoms with van der Waals surface area (Å²) in [4.78, 5) is 2.55. The minimum absolute atomic E-state index is 0.272. The largest absolute Gasteiger partial charge is 0.365 e. The summed E-state index contributed by atoms with van der Waals surface area (Å²) in [5.41, 5.74) is 1.57. The van der Waals surface area contributed by atoms with E-state index in [0.717, 1.165) is 23.5 Å². The molecule has 2 unspecified atom stereocenters. The third-order valence-corrected chi connectivity index (χ3v) is 5.69. The standard InChI is InChI=1S/C15H20Br2N2/c1-10-8-18-15(2,11-3-4-11)9-19(10)14-7-12(16)5-6-13(14)17/h5-7,10-11,18H,3-4,8-9H2,1-2H3. The third-order valence-electron chi connectivity index (χ3n) is 4.53. The molecule has 1 saturated heterocycles. The number of anilines is 1. The van der Waals surface area contributed by atoms with Gasteiger partial charge in [0.1, 0.15) is 0 Å². The lowest BCUT2D eigenvalue weighted by molar-refractivity contribution is 0.260. The fourth-order valence-electron chi connectivity index (χ4n) is 3.08. The Balaban J connectivity index is 1.90. The van der Waals surface area contributed by atoms with Crippen molar-refractivity contribution in [2.75, 3.05) is 18.0 Å². The summed E-state index contributed by atoms with van der Waals surface area (Å²) in [6.45, 7) is 6.84. The number of hydrogen-bond donors (Lipinski definition) is 1. The monoisotopic (exact) mass is 386 g/mol. The molecular weight excluding hydrogens is 368 g/mol. The van der Waals surface area contributed by atoms with Gasteiger partial charge in [-0.25, -0.2) is 0 Å². The highest BCUT2D eigenvalue weighted by Gasteiger charge is 2.45. The highest BCUT2D eigenvalue weighted by molar-refractivity contribution is 9.11. The molecule has 3 rings (SSSR count). The van der Waals surface area contributed by atoms with Crippen molar-refractivity contribution in [3.05, 3.63) is 27.1 Å². The molecule has 2 aliphatic rings. The van der Waals surface area contributed by atoms with E-state index in [2.05, 4.69) is 74.1 Å². The molecule has 1 saturated carbocycles. The van der Waals surface area contributed by atoms with Gasteiger partial charge in [0.2, 0.25) is 0 Å². The Bertz CT molecular complexity index is 487. The zero-order valence-corrected chi connectivity index (χ0v) is 14.6. The van der Waals surface area contributed by atoms with Gasteiger partial charge in [0.05, 0.1) is 5.69 Å². The lowest BCUT2D eigenvalue weighted by Gasteiger charge is -2.47. The van der Waals surface area contributed by atoms with Crippen LogP contribution in [0.3, 0.4) is 0 Å². The summed E-state index contributed by atoms with van der Waals surface area (Å²) < 4.78 is 2.33. The van der Waals surface area contributed by atoms with E-state index in [9.17, 15) is 0 Å². The third kappa shape index (κ3) is 2.72. The predicted molar refractivity (Wildman–Crippen MR) is 87.8 cm³/mol. The lowest BCUT2D eigenvalue weighted by Crippen LogP contribution is -2.63. The van der Waals surface area contributed by atoms with E-state index in [1.807, 2.05) is 0 Å².